The number of allylic oxidation sites excluding steroid dienone is 2. The van der Waals surface area contributed by atoms with Crippen LogP contribution in [0.5, 0.6) is 0 Å². The second kappa shape index (κ2) is 4.86. The lowest BCUT2D eigenvalue weighted by molar-refractivity contribution is -0.114. The number of benzene rings is 1. The third-order valence-corrected chi connectivity index (χ3v) is 3.89. The quantitative estimate of drug-likeness (QED) is 0.892. The molecule has 0 radical (unpaired) electrons. The van der Waals surface area contributed by atoms with Gasteiger partial charge < -0.3 is 10.6 Å². The first-order valence-corrected chi connectivity index (χ1v) is 6.71. The second-order valence-corrected chi connectivity index (χ2v) is 5.09. The fraction of sp³-hybridized carbons (Fsp3) is 0.250. The van der Waals surface area contributed by atoms with Gasteiger partial charge in [-0.15, -0.1) is 0 Å². The number of carbonyl (C=O) groups is 1. The van der Waals surface area contributed by atoms with E-state index in [0.29, 0.717) is 11.1 Å². The highest BCUT2D eigenvalue weighted by atomic mass is 16.1. The zero-order valence-corrected chi connectivity index (χ0v) is 11.0. The molecular formula is C16H15N3O. The molecule has 0 saturated heterocycles. The van der Waals surface area contributed by atoms with Crippen LogP contribution in [0, 0.1) is 17.2 Å². The summed E-state index contributed by atoms with van der Waals surface area (Å²) in [6, 6.07) is 9.46. The largest absolute Gasteiger partial charge is 0.366 e. The number of nitrogens with zero attached hydrogens (tertiary/aromatic N) is 2. The molecule has 100 valence electrons. The van der Waals surface area contributed by atoms with Gasteiger partial charge in [-0.25, -0.2) is 0 Å². The maximum Gasteiger partial charge on any atom is 0.246 e. The van der Waals surface area contributed by atoms with Crippen LogP contribution in [0.25, 0.3) is 0 Å². The van der Waals surface area contributed by atoms with Crippen molar-refractivity contribution < 1.29 is 4.79 Å². The number of fused-ring (bicyclic) bond motifs is 1. The molecule has 3 rings (SSSR count). The molecule has 0 bridgehead atoms. The maximum atomic E-state index is 11.6. The molecule has 1 aromatic carbocycles. The van der Waals surface area contributed by atoms with E-state index in [1.165, 1.54) is 0 Å². The van der Waals surface area contributed by atoms with Crippen molar-refractivity contribution in [2.45, 2.75) is 19.3 Å². The Kier molecular flexibility index (Phi) is 3.03. The topological polar surface area (TPSA) is 70.1 Å². The van der Waals surface area contributed by atoms with E-state index in [4.69, 9.17) is 11.0 Å². The molecule has 1 atom stereocenters. The van der Waals surface area contributed by atoms with Crippen LogP contribution in [0.2, 0.25) is 0 Å². The minimum Gasteiger partial charge on any atom is -0.366 e. The van der Waals surface area contributed by atoms with Crippen LogP contribution in [0.3, 0.4) is 0 Å². The average molecular weight is 265 g/mol. The van der Waals surface area contributed by atoms with Crippen molar-refractivity contribution in [1.29, 1.82) is 5.26 Å². The first-order valence-electron chi connectivity index (χ1n) is 6.71. The van der Waals surface area contributed by atoms with Crippen LogP contribution >= 0.6 is 0 Å². The van der Waals surface area contributed by atoms with E-state index in [9.17, 15) is 4.79 Å². The maximum absolute atomic E-state index is 11.6. The number of nitriles is 1. The van der Waals surface area contributed by atoms with E-state index in [1.807, 2.05) is 23.2 Å². The van der Waals surface area contributed by atoms with E-state index < -0.39 is 0 Å². The standard InChI is InChI=1S/C16H15N3O/c17-9-11-5-7-12(8-6-11)19-10-14(16(18)20)13-3-1-2-4-15(13)19/h4-8,10,13H,1-3H2,(H2,18,20). The van der Waals surface area contributed by atoms with Crippen molar-refractivity contribution >= 4 is 11.6 Å². The summed E-state index contributed by atoms with van der Waals surface area (Å²) in [6.45, 7) is 0. The number of carbonyl (C=O) groups excluding carboxylic acids is 1. The summed E-state index contributed by atoms with van der Waals surface area (Å²) in [4.78, 5) is 13.6. The monoisotopic (exact) mass is 265 g/mol. The molecule has 0 aromatic heterocycles. The Morgan fingerprint density at radius 2 is 2.10 bits per heavy atom. The SMILES string of the molecule is N#Cc1ccc(N2C=C(C(N)=O)C3CCCC=C32)cc1. The Morgan fingerprint density at radius 1 is 1.35 bits per heavy atom. The van der Waals surface area contributed by atoms with Crippen molar-refractivity contribution in [3.63, 3.8) is 0 Å². The molecular weight excluding hydrogens is 250 g/mol. The van der Waals surface area contributed by atoms with E-state index in [-0.39, 0.29) is 11.8 Å². The first kappa shape index (κ1) is 12.5. The summed E-state index contributed by atoms with van der Waals surface area (Å²) >= 11 is 0. The number of rotatable bonds is 2. The molecule has 4 heteroatoms. The Balaban J connectivity index is 2.01. The Bertz CT molecular complexity index is 649. The van der Waals surface area contributed by atoms with E-state index in [0.717, 1.165) is 30.6 Å². The van der Waals surface area contributed by atoms with Gasteiger partial charge in [0.05, 0.1) is 11.6 Å². The minimum absolute atomic E-state index is 0.122. The van der Waals surface area contributed by atoms with Crippen LogP contribution in [-0.4, -0.2) is 5.91 Å². The molecule has 2 aliphatic rings. The number of primary amides is 1. The third-order valence-electron chi connectivity index (χ3n) is 3.89. The van der Waals surface area contributed by atoms with Crippen molar-refractivity contribution in [2.75, 3.05) is 4.90 Å². The van der Waals surface area contributed by atoms with Crippen LogP contribution in [0.1, 0.15) is 24.8 Å². The van der Waals surface area contributed by atoms with Gasteiger partial charge in [-0.05, 0) is 43.5 Å². The molecule has 20 heavy (non-hydrogen) atoms. The summed E-state index contributed by atoms with van der Waals surface area (Å²) in [5.41, 5.74) is 8.88. The summed E-state index contributed by atoms with van der Waals surface area (Å²) in [6.07, 6.45) is 7.09. The molecule has 0 fully saturated rings. The van der Waals surface area contributed by atoms with Gasteiger partial charge in [0, 0.05) is 29.1 Å². The highest BCUT2D eigenvalue weighted by Crippen LogP contribution is 2.41. The molecule has 1 unspecified atom stereocenters. The number of hydrogen-bond acceptors (Lipinski definition) is 3. The Labute approximate surface area is 117 Å². The van der Waals surface area contributed by atoms with Crippen molar-refractivity contribution in [1.82, 2.24) is 0 Å². The average Bonchev–Trinajstić information content (AvgIpc) is 2.87. The highest BCUT2D eigenvalue weighted by Gasteiger charge is 2.34. The third kappa shape index (κ3) is 1.97. The van der Waals surface area contributed by atoms with Crippen LogP contribution in [0.15, 0.2) is 47.8 Å². The molecule has 1 aliphatic heterocycles. The fourth-order valence-electron chi connectivity index (χ4n) is 2.90. The fourth-order valence-corrected chi connectivity index (χ4v) is 2.90. The second-order valence-electron chi connectivity index (χ2n) is 5.09. The number of hydrogen-bond donors (Lipinski definition) is 1. The van der Waals surface area contributed by atoms with Gasteiger partial charge in [-0.2, -0.15) is 5.26 Å². The molecule has 1 amide bonds. The van der Waals surface area contributed by atoms with E-state index in [1.54, 1.807) is 12.1 Å². The summed E-state index contributed by atoms with van der Waals surface area (Å²) in [5.74, 6) is -0.226. The number of anilines is 1. The normalized spacial score (nSPS) is 20.8. The van der Waals surface area contributed by atoms with Gasteiger partial charge >= 0.3 is 0 Å². The van der Waals surface area contributed by atoms with Crippen LogP contribution in [-0.2, 0) is 4.79 Å². The number of amides is 1. The van der Waals surface area contributed by atoms with E-state index in [2.05, 4.69) is 12.1 Å². The molecule has 0 spiro atoms. The Hall–Kier alpha value is -2.54. The smallest absolute Gasteiger partial charge is 0.246 e. The van der Waals surface area contributed by atoms with Crippen LogP contribution in [0.4, 0.5) is 5.69 Å². The molecule has 4 nitrogen and oxygen atoms in total. The molecule has 0 saturated carbocycles. The lowest BCUT2D eigenvalue weighted by Gasteiger charge is -2.25. The predicted molar refractivity (Wildman–Crippen MR) is 76.3 cm³/mol. The summed E-state index contributed by atoms with van der Waals surface area (Å²) in [5, 5.41) is 8.85. The highest BCUT2D eigenvalue weighted by molar-refractivity contribution is 5.95. The summed E-state index contributed by atoms with van der Waals surface area (Å²) < 4.78 is 0. The minimum atomic E-state index is -0.348. The lowest BCUT2D eigenvalue weighted by atomic mass is 9.88. The van der Waals surface area contributed by atoms with Crippen molar-refractivity contribution in [3.05, 3.63) is 53.4 Å². The molecule has 1 aliphatic carbocycles. The predicted octanol–water partition coefficient (Wildman–Crippen LogP) is 2.43. The van der Waals surface area contributed by atoms with Gasteiger partial charge in [0.1, 0.15) is 0 Å². The van der Waals surface area contributed by atoms with Crippen LogP contribution < -0.4 is 10.6 Å². The zero-order chi connectivity index (χ0) is 14.1. The van der Waals surface area contributed by atoms with Gasteiger partial charge in [0.2, 0.25) is 5.91 Å². The van der Waals surface area contributed by atoms with Gasteiger partial charge in [0.15, 0.2) is 0 Å². The van der Waals surface area contributed by atoms with Crippen molar-refractivity contribution in [3.8, 4) is 6.07 Å². The summed E-state index contributed by atoms with van der Waals surface area (Å²) in [7, 11) is 0. The van der Waals surface area contributed by atoms with E-state index >= 15 is 0 Å². The molecule has 2 N–H and O–H groups in total. The lowest BCUT2D eigenvalue weighted by Crippen LogP contribution is -2.21. The first-order chi connectivity index (χ1) is 9.70. The van der Waals surface area contributed by atoms with Gasteiger partial charge in [0.25, 0.3) is 0 Å². The van der Waals surface area contributed by atoms with Crippen molar-refractivity contribution in [2.24, 2.45) is 11.7 Å². The Morgan fingerprint density at radius 3 is 2.75 bits per heavy atom. The molecule has 1 aromatic rings. The number of nitrogens with two attached hydrogens (primary N) is 1. The zero-order valence-electron chi connectivity index (χ0n) is 11.0. The molecule has 1 heterocycles. The van der Waals surface area contributed by atoms with Gasteiger partial charge in [-0.3, -0.25) is 4.79 Å². The van der Waals surface area contributed by atoms with Gasteiger partial charge in [-0.1, -0.05) is 6.08 Å².